The predicted molar refractivity (Wildman–Crippen MR) is 108 cm³/mol. The Morgan fingerprint density at radius 2 is 1.52 bits per heavy atom. The Balaban J connectivity index is 1.52. The molecule has 1 nitrogen and oxygen atoms in total. The van der Waals surface area contributed by atoms with Gasteiger partial charge < -0.3 is 0 Å². The number of benzene rings is 2. The number of halogens is 1. The molecule has 0 unspecified atom stereocenters. The standard InChI is InChI=1S/C23H24BrN/c24-16-15-20-5-3-18(4-6-20)1-2-19-7-11-22(12-8-19)23-13-9-21(17-25)10-14-23/h7-16,18,20H,1-6H2/b16-15+. The molecular weight excluding hydrogens is 370 g/mol. The molecule has 0 aliphatic heterocycles. The van der Waals surface area contributed by atoms with Crippen LogP contribution in [-0.2, 0) is 6.42 Å². The van der Waals surface area contributed by atoms with E-state index in [-0.39, 0.29) is 0 Å². The molecule has 0 amide bonds. The predicted octanol–water partition coefficient (Wildman–Crippen LogP) is 6.87. The number of allylic oxidation sites excluding steroid dienone is 1. The van der Waals surface area contributed by atoms with Crippen LogP contribution in [0.5, 0.6) is 0 Å². The third-order valence-electron chi connectivity index (χ3n) is 5.38. The molecule has 1 fully saturated rings. The first-order valence-corrected chi connectivity index (χ1v) is 10.1. The summed E-state index contributed by atoms with van der Waals surface area (Å²) >= 11 is 3.40. The van der Waals surface area contributed by atoms with Gasteiger partial charge in [-0.25, -0.2) is 0 Å². The van der Waals surface area contributed by atoms with Crippen LogP contribution in [0.2, 0.25) is 0 Å². The number of rotatable bonds is 5. The minimum atomic E-state index is 0.710. The van der Waals surface area contributed by atoms with E-state index < -0.39 is 0 Å². The molecule has 25 heavy (non-hydrogen) atoms. The van der Waals surface area contributed by atoms with Crippen molar-refractivity contribution in [2.75, 3.05) is 0 Å². The zero-order chi connectivity index (χ0) is 17.5. The molecular formula is C23H24BrN. The van der Waals surface area contributed by atoms with E-state index in [9.17, 15) is 0 Å². The lowest BCUT2D eigenvalue weighted by Crippen LogP contribution is -2.13. The third-order valence-corrected chi connectivity index (χ3v) is 5.68. The van der Waals surface area contributed by atoms with Gasteiger partial charge in [0.25, 0.3) is 0 Å². The van der Waals surface area contributed by atoms with Crippen LogP contribution in [-0.4, -0.2) is 0 Å². The molecule has 1 aliphatic carbocycles. The van der Waals surface area contributed by atoms with Crippen LogP contribution in [0.4, 0.5) is 0 Å². The Hall–Kier alpha value is -1.85. The lowest BCUT2D eigenvalue weighted by Gasteiger charge is -2.26. The largest absolute Gasteiger partial charge is 0.192 e. The van der Waals surface area contributed by atoms with E-state index in [1.807, 2.05) is 29.3 Å². The van der Waals surface area contributed by atoms with E-state index in [4.69, 9.17) is 5.26 Å². The Kier molecular flexibility index (Phi) is 6.48. The highest BCUT2D eigenvalue weighted by molar-refractivity contribution is 9.11. The van der Waals surface area contributed by atoms with E-state index in [0.29, 0.717) is 5.56 Å². The van der Waals surface area contributed by atoms with E-state index in [2.05, 4.69) is 52.3 Å². The van der Waals surface area contributed by atoms with Crippen LogP contribution < -0.4 is 0 Å². The summed E-state index contributed by atoms with van der Waals surface area (Å²) in [6.45, 7) is 0. The smallest absolute Gasteiger partial charge is 0.0991 e. The van der Waals surface area contributed by atoms with Crippen LogP contribution in [0.15, 0.2) is 59.6 Å². The van der Waals surface area contributed by atoms with Gasteiger partial charge in [-0.2, -0.15) is 5.26 Å². The Labute approximate surface area is 159 Å². The van der Waals surface area contributed by atoms with E-state index in [1.165, 1.54) is 55.2 Å². The Morgan fingerprint density at radius 3 is 2.08 bits per heavy atom. The van der Waals surface area contributed by atoms with E-state index >= 15 is 0 Å². The van der Waals surface area contributed by atoms with Crippen LogP contribution in [0.1, 0.15) is 43.2 Å². The number of aryl methyl sites for hydroxylation is 1. The van der Waals surface area contributed by atoms with E-state index in [1.54, 1.807) is 0 Å². The second-order valence-electron chi connectivity index (χ2n) is 7.02. The van der Waals surface area contributed by atoms with Crippen molar-refractivity contribution in [1.29, 1.82) is 5.26 Å². The summed E-state index contributed by atoms with van der Waals surface area (Å²) in [6, 6.07) is 18.9. The van der Waals surface area contributed by atoms with Gasteiger partial charge in [0.1, 0.15) is 0 Å². The van der Waals surface area contributed by atoms with Crippen molar-refractivity contribution in [3.05, 3.63) is 70.7 Å². The van der Waals surface area contributed by atoms with Gasteiger partial charge in [-0.15, -0.1) is 0 Å². The number of hydrogen-bond acceptors (Lipinski definition) is 1. The van der Waals surface area contributed by atoms with Crippen LogP contribution in [0.25, 0.3) is 11.1 Å². The van der Waals surface area contributed by atoms with Crippen molar-refractivity contribution in [3.8, 4) is 17.2 Å². The molecule has 2 aromatic carbocycles. The first-order chi connectivity index (χ1) is 12.3. The summed E-state index contributed by atoms with van der Waals surface area (Å²) in [4.78, 5) is 2.02. The summed E-state index contributed by atoms with van der Waals surface area (Å²) in [5.41, 5.74) is 4.53. The SMILES string of the molecule is N#Cc1ccc(-c2ccc(CCC3CCC(/C=C/Br)CC3)cc2)cc1. The number of hydrogen-bond donors (Lipinski definition) is 0. The minimum absolute atomic E-state index is 0.710. The molecule has 0 saturated heterocycles. The normalized spacial score (nSPS) is 20.5. The quantitative estimate of drug-likeness (QED) is 0.543. The molecule has 0 atom stereocenters. The summed E-state index contributed by atoms with van der Waals surface area (Å²) in [6.07, 6.45) is 10.2. The first kappa shape index (κ1) is 18.0. The minimum Gasteiger partial charge on any atom is -0.192 e. The fourth-order valence-electron chi connectivity index (χ4n) is 3.74. The molecule has 128 valence electrons. The molecule has 1 saturated carbocycles. The van der Waals surface area contributed by atoms with Crippen LogP contribution in [0.3, 0.4) is 0 Å². The molecule has 2 aromatic rings. The van der Waals surface area contributed by atoms with Crippen molar-refractivity contribution in [2.24, 2.45) is 11.8 Å². The van der Waals surface area contributed by atoms with Crippen molar-refractivity contribution < 1.29 is 0 Å². The van der Waals surface area contributed by atoms with Crippen molar-refractivity contribution in [1.82, 2.24) is 0 Å². The topological polar surface area (TPSA) is 23.8 Å². The second kappa shape index (κ2) is 9.02. The fourth-order valence-corrected chi connectivity index (χ4v) is 4.18. The zero-order valence-corrected chi connectivity index (χ0v) is 16.1. The Morgan fingerprint density at radius 1 is 0.920 bits per heavy atom. The molecule has 3 rings (SSSR count). The lowest BCUT2D eigenvalue weighted by atomic mass is 9.79. The van der Waals surface area contributed by atoms with Gasteiger partial charge in [0, 0.05) is 0 Å². The van der Waals surface area contributed by atoms with Gasteiger partial charge in [0.15, 0.2) is 0 Å². The maximum absolute atomic E-state index is 8.89. The molecule has 0 aromatic heterocycles. The maximum Gasteiger partial charge on any atom is 0.0991 e. The summed E-state index contributed by atoms with van der Waals surface area (Å²) in [5.74, 6) is 1.67. The second-order valence-corrected chi connectivity index (χ2v) is 7.55. The molecule has 0 heterocycles. The van der Waals surface area contributed by atoms with Gasteiger partial charge in [-0.1, -0.05) is 58.4 Å². The molecule has 0 radical (unpaired) electrons. The summed E-state index contributed by atoms with van der Waals surface area (Å²) in [5, 5.41) is 8.89. The highest BCUT2D eigenvalue weighted by Gasteiger charge is 2.19. The van der Waals surface area contributed by atoms with Crippen molar-refractivity contribution in [2.45, 2.75) is 38.5 Å². The average Bonchev–Trinajstić information content (AvgIpc) is 2.68. The molecule has 1 aliphatic rings. The highest BCUT2D eigenvalue weighted by Crippen LogP contribution is 2.32. The van der Waals surface area contributed by atoms with Crippen molar-refractivity contribution >= 4 is 15.9 Å². The third kappa shape index (κ3) is 5.06. The van der Waals surface area contributed by atoms with Crippen LogP contribution >= 0.6 is 15.9 Å². The number of nitrogens with zero attached hydrogens (tertiary/aromatic N) is 1. The van der Waals surface area contributed by atoms with Gasteiger partial charge in [-0.3, -0.25) is 0 Å². The molecule has 2 heteroatoms. The Bertz CT molecular complexity index is 729. The highest BCUT2D eigenvalue weighted by atomic mass is 79.9. The van der Waals surface area contributed by atoms with Gasteiger partial charge in [0.05, 0.1) is 11.6 Å². The summed E-state index contributed by atoms with van der Waals surface area (Å²) < 4.78 is 0. The van der Waals surface area contributed by atoms with Gasteiger partial charge in [0.2, 0.25) is 0 Å². The summed E-state index contributed by atoms with van der Waals surface area (Å²) in [7, 11) is 0. The van der Waals surface area contributed by atoms with Gasteiger partial charge in [-0.05, 0) is 84.2 Å². The monoisotopic (exact) mass is 393 g/mol. The average molecular weight is 394 g/mol. The van der Waals surface area contributed by atoms with Gasteiger partial charge >= 0.3 is 0 Å². The molecule has 0 N–H and O–H groups in total. The maximum atomic E-state index is 8.89. The molecule has 0 bridgehead atoms. The van der Waals surface area contributed by atoms with E-state index in [0.717, 1.165) is 11.8 Å². The first-order valence-electron chi connectivity index (χ1n) is 9.15. The van der Waals surface area contributed by atoms with Crippen molar-refractivity contribution in [3.63, 3.8) is 0 Å². The fraction of sp³-hybridized carbons (Fsp3) is 0.348. The zero-order valence-electron chi connectivity index (χ0n) is 14.5. The van der Waals surface area contributed by atoms with Crippen LogP contribution in [0, 0.1) is 23.2 Å². The number of nitriles is 1. The molecule has 0 spiro atoms. The lowest BCUT2D eigenvalue weighted by molar-refractivity contribution is 0.296.